The quantitative estimate of drug-likeness (QED) is 0.908. The standard InChI is InChI=1S/C18H20O5/c19-11-1-3-15-14-4-2-13(22-12-5-7-21-8-6-12)10-16(14)18(20)23-17(15)9-11/h9-10,12,19H,1-8H2. The molecule has 1 aromatic rings. The van der Waals surface area contributed by atoms with Crippen molar-refractivity contribution in [3.8, 4) is 0 Å². The first-order chi connectivity index (χ1) is 11.2. The number of rotatable bonds is 2. The molecule has 23 heavy (non-hydrogen) atoms. The third-order valence-corrected chi connectivity index (χ3v) is 4.75. The summed E-state index contributed by atoms with van der Waals surface area (Å²) in [6.07, 6.45) is 8.29. The highest BCUT2D eigenvalue weighted by molar-refractivity contribution is 5.64. The summed E-state index contributed by atoms with van der Waals surface area (Å²) < 4.78 is 16.8. The van der Waals surface area contributed by atoms with Gasteiger partial charge in [-0.05, 0) is 30.0 Å². The van der Waals surface area contributed by atoms with Crippen molar-refractivity contribution in [3.05, 3.63) is 44.4 Å². The fraction of sp³-hybridized carbons (Fsp3) is 0.500. The van der Waals surface area contributed by atoms with Crippen molar-refractivity contribution in [3.63, 3.8) is 0 Å². The van der Waals surface area contributed by atoms with E-state index in [1.807, 2.05) is 6.08 Å². The van der Waals surface area contributed by atoms with Crippen molar-refractivity contribution < 1.29 is 19.0 Å². The average molecular weight is 316 g/mol. The molecule has 0 spiro atoms. The maximum Gasteiger partial charge on any atom is 0.343 e. The molecule has 1 N–H and O–H groups in total. The molecule has 1 saturated heterocycles. The van der Waals surface area contributed by atoms with E-state index in [0.717, 1.165) is 55.8 Å². The van der Waals surface area contributed by atoms with E-state index in [4.69, 9.17) is 13.9 Å². The van der Waals surface area contributed by atoms with Gasteiger partial charge in [0.15, 0.2) is 0 Å². The molecule has 122 valence electrons. The molecular weight excluding hydrogens is 296 g/mol. The van der Waals surface area contributed by atoms with Crippen molar-refractivity contribution in [2.45, 2.75) is 44.6 Å². The first-order valence-corrected chi connectivity index (χ1v) is 8.24. The van der Waals surface area contributed by atoms with Crippen molar-refractivity contribution in [1.82, 2.24) is 0 Å². The van der Waals surface area contributed by atoms with E-state index in [9.17, 15) is 9.90 Å². The second-order valence-corrected chi connectivity index (χ2v) is 6.30. The van der Waals surface area contributed by atoms with Crippen LogP contribution in [0, 0.1) is 0 Å². The van der Waals surface area contributed by atoms with Gasteiger partial charge in [0.05, 0.1) is 30.3 Å². The molecule has 2 aliphatic carbocycles. The van der Waals surface area contributed by atoms with Crippen molar-refractivity contribution in [2.24, 2.45) is 0 Å². The van der Waals surface area contributed by atoms with Gasteiger partial charge in [-0.25, -0.2) is 4.79 Å². The molecule has 0 saturated carbocycles. The number of allylic oxidation sites excluding steroid dienone is 2. The Kier molecular flexibility index (Phi) is 3.73. The molecule has 0 amide bonds. The third-order valence-electron chi connectivity index (χ3n) is 4.75. The zero-order chi connectivity index (χ0) is 15.8. The summed E-state index contributed by atoms with van der Waals surface area (Å²) in [4.78, 5) is 12.3. The third kappa shape index (κ3) is 2.81. The molecule has 1 aromatic heterocycles. The predicted octanol–water partition coefficient (Wildman–Crippen LogP) is 2.97. The van der Waals surface area contributed by atoms with E-state index in [1.54, 1.807) is 6.08 Å². The fourth-order valence-corrected chi connectivity index (χ4v) is 3.53. The summed E-state index contributed by atoms with van der Waals surface area (Å²) in [6, 6.07) is 0. The number of hydrogen-bond acceptors (Lipinski definition) is 5. The first kappa shape index (κ1) is 14.6. The second kappa shape index (κ2) is 5.89. The Balaban J connectivity index is 1.66. The van der Waals surface area contributed by atoms with Crippen LogP contribution in [-0.4, -0.2) is 24.4 Å². The minimum atomic E-state index is -0.350. The lowest BCUT2D eigenvalue weighted by molar-refractivity contribution is -0.00534. The zero-order valence-electron chi connectivity index (χ0n) is 13.0. The summed E-state index contributed by atoms with van der Waals surface area (Å²) >= 11 is 0. The normalized spacial score (nSPS) is 21.0. The van der Waals surface area contributed by atoms with Gasteiger partial charge in [-0.3, -0.25) is 0 Å². The van der Waals surface area contributed by atoms with E-state index < -0.39 is 0 Å². The van der Waals surface area contributed by atoms with Crippen LogP contribution in [0.4, 0.5) is 0 Å². The number of aliphatic hydroxyl groups is 1. The van der Waals surface area contributed by atoms with E-state index in [2.05, 4.69) is 0 Å². The molecular formula is C18H20O5. The number of fused-ring (bicyclic) bond motifs is 3. The summed E-state index contributed by atoms with van der Waals surface area (Å²) in [5, 5.41) is 9.63. The Labute approximate surface area is 134 Å². The Morgan fingerprint density at radius 1 is 1.04 bits per heavy atom. The van der Waals surface area contributed by atoms with Crippen LogP contribution in [0.5, 0.6) is 0 Å². The molecule has 0 aromatic carbocycles. The van der Waals surface area contributed by atoms with Crippen molar-refractivity contribution in [2.75, 3.05) is 13.2 Å². The van der Waals surface area contributed by atoms with Gasteiger partial charge < -0.3 is 19.0 Å². The van der Waals surface area contributed by atoms with Crippen molar-refractivity contribution >= 4 is 12.2 Å². The van der Waals surface area contributed by atoms with E-state index in [-0.39, 0.29) is 17.5 Å². The Morgan fingerprint density at radius 2 is 1.83 bits per heavy atom. The molecule has 1 fully saturated rings. The van der Waals surface area contributed by atoms with Crippen LogP contribution in [0.1, 0.15) is 48.1 Å². The van der Waals surface area contributed by atoms with Crippen LogP contribution in [0.15, 0.2) is 20.7 Å². The maximum atomic E-state index is 12.3. The van der Waals surface area contributed by atoms with Crippen LogP contribution in [0.25, 0.3) is 12.2 Å². The topological polar surface area (TPSA) is 68.9 Å². The van der Waals surface area contributed by atoms with Crippen LogP contribution in [0.2, 0.25) is 0 Å². The first-order valence-electron chi connectivity index (χ1n) is 8.24. The van der Waals surface area contributed by atoms with E-state index in [0.29, 0.717) is 24.2 Å². The lowest BCUT2D eigenvalue weighted by Gasteiger charge is -2.27. The minimum Gasteiger partial charge on any atom is -0.512 e. The second-order valence-electron chi connectivity index (χ2n) is 6.30. The maximum absolute atomic E-state index is 12.3. The van der Waals surface area contributed by atoms with Gasteiger partial charge in [0.2, 0.25) is 0 Å². The molecule has 0 atom stereocenters. The average Bonchev–Trinajstić information content (AvgIpc) is 2.56. The van der Waals surface area contributed by atoms with Gasteiger partial charge in [-0.2, -0.15) is 0 Å². The minimum absolute atomic E-state index is 0.182. The van der Waals surface area contributed by atoms with Crippen molar-refractivity contribution in [1.29, 1.82) is 0 Å². The molecule has 0 unspecified atom stereocenters. The van der Waals surface area contributed by atoms with Crippen LogP contribution < -0.4 is 5.63 Å². The van der Waals surface area contributed by atoms with Gasteiger partial charge in [0.25, 0.3) is 0 Å². The summed E-state index contributed by atoms with van der Waals surface area (Å²) in [5.74, 6) is 1.65. The SMILES string of the molecule is O=c1oc2c(c3c1C=C(OC1CCOCC1)CC3)CCC(O)=C2. The number of hydrogen-bond donors (Lipinski definition) is 1. The smallest absolute Gasteiger partial charge is 0.343 e. The van der Waals surface area contributed by atoms with Crippen LogP contribution in [0.3, 0.4) is 0 Å². The zero-order valence-corrected chi connectivity index (χ0v) is 13.0. The van der Waals surface area contributed by atoms with E-state index >= 15 is 0 Å². The Morgan fingerprint density at radius 3 is 2.65 bits per heavy atom. The van der Waals surface area contributed by atoms with Gasteiger partial charge in [-0.1, -0.05) is 0 Å². The number of aliphatic hydroxyl groups excluding tert-OH is 1. The highest BCUT2D eigenvalue weighted by Gasteiger charge is 2.25. The monoisotopic (exact) mass is 316 g/mol. The number of ether oxygens (including phenoxy) is 2. The molecule has 5 heteroatoms. The molecule has 0 bridgehead atoms. The lowest BCUT2D eigenvalue weighted by atomic mass is 9.88. The highest BCUT2D eigenvalue weighted by Crippen LogP contribution is 2.32. The largest absolute Gasteiger partial charge is 0.512 e. The molecule has 0 radical (unpaired) electrons. The molecule has 5 nitrogen and oxygen atoms in total. The lowest BCUT2D eigenvalue weighted by Crippen LogP contribution is -2.24. The molecule has 2 heterocycles. The summed E-state index contributed by atoms with van der Waals surface area (Å²) in [6.45, 7) is 1.47. The Bertz CT molecular complexity index is 735. The van der Waals surface area contributed by atoms with Crippen LogP contribution >= 0.6 is 0 Å². The van der Waals surface area contributed by atoms with Crippen LogP contribution in [-0.2, 0) is 22.3 Å². The molecule has 4 rings (SSSR count). The van der Waals surface area contributed by atoms with Gasteiger partial charge >= 0.3 is 5.63 Å². The van der Waals surface area contributed by atoms with Gasteiger partial charge in [0.1, 0.15) is 11.9 Å². The van der Waals surface area contributed by atoms with Gasteiger partial charge in [-0.15, -0.1) is 0 Å². The predicted molar refractivity (Wildman–Crippen MR) is 85.1 cm³/mol. The van der Waals surface area contributed by atoms with E-state index in [1.165, 1.54) is 0 Å². The summed E-state index contributed by atoms with van der Waals surface area (Å²) in [5.41, 5.74) is 2.38. The van der Waals surface area contributed by atoms with Gasteiger partial charge in [0, 0.05) is 31.8 Å². The Hall–Kier alpha value is -2.01. The fourth-order valence-electron chi connectivity index (χ4n) is 3.53. The molecule has 3 aliphatic rings. The summed E-state index contributed by atoms with van der Waals surface area (Å²) in [7, 11) is 0. The molecule has 1 aliphatic heterocycles. The highest BCUT2D eigenvalue weighted by atomic mass is 16.5.